The van der Waals surface area contributed by atoms with Gasteiger partial charge >= 0.3 is 6.18 Å². The molecule has 0 radical (unpaired) electrons. The van der Waals surface area contributed by atoms with Gasteiger partial charge in [-0.3, -0.25) is 14.7 Å². The third-order valence-electron chi connectivity index (χ3n) is 6.39. The minimum atomic E-state index is -4.48. The van der Waals surface area contributed by atoms with Gasteiger partial charge in [-0.2, -0.15) is 13.2 Å². The summed E-state index contributed by atoms with van der Waals surface area (Å²) in [6, 6.07) is 2.25. The molecule has 194 valence electrons. The number of fused-ring (bicyclic) bond motifs is 1. The first-order valence-corrected chi connectivity index (χ1v) is 11.5. The van der Waals surface area contributed by atoms with Crippen molar-refractivity contribution in [2.24, 2.45) is 11.7 Å². The SMILES string of the molecule is CCN(Cc1ccc(C(F)(F)F)cn1)c1ncnc2c1c(F)cn2CC1CCN(CC(N)=O)CC1O. The third kappa shape index (κ3) is 5.57. The van der Waals surface area contributed by atoms with Crippen molar-refractivity contribution in [3.8, 4) is 0 Å². The molecule has 0 saturated carbocycles. The topological polar surface area (TPSA) is 113 Å². The lowest BCUT2D eigenvalue weighted by atomic mass is 9.93. The number of aliphatic hydroxyl groups excluding tert-OH is 1. The summed E-state index contributed by atoms with van der Waals surface area (Å²) in [4.78, 5) is 27.1. The zero-order chi connectivity index (χ0) is 26.0. The highest BCUT2D eigenvalue weighted by Gasteiger charge is 2.31. The van der Waals surface area contributed by atoms with Crippen LogP contribution in [0.3, 0.4) is 0 Å². The molecule has 2 atom stereocenters. The number of β-amino-alcohol motifs (C(OH)–C–C–N with tert-alkyl or cyclic N) is 1. The molecule has 13 heteroatoms. The molecule has 1 fully saturated rings. The molecular weight excluding hydrogens is 482 g/mol. The first-order valence-electron chi connectivity index (χ1n) is 11.5. The first kappa shape index (κ1) is 25.8. The van der Waals surface area contributed by atoms with Gasteiger partial charge in [-0.15, -0.1) is 0 Å². The van der Waals surface area contributed by atoms with E-state index in [0.29, 0.717) is 49.8 Å². The molecule has 1 aliphatic heterocycles. The number of pyridine rings is 1. The highest BCUT2D eigenvalue weighted by atomic mass is 19.4. The minimum Gasteiger partial charge on any atom is -0.391 e. The number of aromatic nitrogens is 4. The Morgan fingerprint density at radius 2 is 2.06 bits per heavy atom. The lowest BCUT2D eigenvalue weighted by Crippen LogP contribution is -2.47. The number of rotatable bonds is 8. The normalized spacial score (nSPS) is 19.1. The monoisotopic (exact) mass is 509 g/mol. The maximum Gasteiger partial charge on any atom is 0.417 e. The van der Waals surface area contributed by atoms with Gasteiger partial charge in [0.25, 0.3) is 0 Å². The summed E-state index contributed by atoms with van der Waals surface area (Å²) >= 11 is 0. The molecule has 1 amide bonds. The highest BCUT2D eigenvalue weighted by Crippen LogP contribution is 2.31. The van der Waals surface area contributed by atoms with E-state index in [0.717, 1.165) is 12.3 Å². The minimum absolute atomic E-state index is 0.0715. The molecule has 2 unspecified atom stereocenters. The molecule has 0 aliphatic carbocycles. The highest BCUT2D eigenvalue weighted by molar-refractivity contribution is 5.88. The van der Waals surface area contributed by atoms with Crippen LogP contribution in [0.15, 0.2) is 30.9 Å². The summed E-state index contributed by atoms with van der Waals surface area (Å²) in [5.74, 6) is -0.881. The number of piperidine rings is 1. The van der Waals surface area contributed by atoms with Gasteiger partial charge in [0, 0.05) is 37.9 Å². The summed E-state index contributed by atoms with van der Waals surface area (Å²) < 4.78 is 55.3. The van der Waals surface area contributed by atoms with Crippen LogP contribution in [0.2, 0.25) is 0 Å². The van der Waals surface area contributed by atoms with E-state index in [1.807, 2.05) is 6.92 Å². The van der Waals surface area contributed by atoms with Crippen molar-refractivity contribution in [3.05, 3.63) is 47.9 Å². The second kappa shape index (κ2) is 10.3. The van der Waals surface area contributed by atoms with E-state index >= 15 is 4.39 Å². The van der Waals surface area contributed by atoms with Crippen molar-refractivity contribution < 1.29 is 27.5 Å². The van der Waals surface area contributed by atoms with Crippen LogP contribution in [0.25, 0.3) is 11.0 Å². The molecular formula is C23H27F4N7O2. The van der Waals surface area contributed by atoms with Crippen LogP contribution < -0.4 is 10.6 Å². The van der Waals surface area contributed by atoms with E-state index in [9.17, 15) is 23.1 Å². The number of carbonyl (C=O) groups is 1. The Labute approximate surface area is 204 Å². The number of primary amides is 1. The number of aliphatic hydroxyl groups is 1. The third-order valence-corrected chi connectivity index (χ3v) is 6.39. The number of amides is 1. The Morgan fingerprint density at radius 3 is 2.67 bits per heavy atom. The number of anilines is 1. The summed E-state index contributed by atoms with van der Waals surface area (Å²) in [5, 5.41) is 10.8. The van der Waals surface area contributed by atoms with Crippen molar-refractivity contribution in [1.82, 2.24) is 24.4 Å². The zero-order valence-corrected chi connectivity index (χ0v) is 19.6. The van der Waals surface area contributed by atoms with Crippen LogP contribution >= 0.6 is 0 Å². The van der Waals surface area contributed by atoms with Gasteiger partial charge in [0.2, 0.25) is 5.91 Å². The fourth-order valence-corrected chi connectivity index (χ4v) is 4.53. The summed E-state index contributed by atoms with van der Waals surface area (Å²) in [7, 11) is 0. The molecule has 3 N–H and O–H groups in total. The van der Waals surface area contributed by atoms with Crippen LogP contribution in [0.1, 0.15) is 24.6 Å². The molecule has 9 nitrogen and oxygen atoms in total. The Morgan fingerprint density at radius 1 is 1.28 bits per heavy atom. The Balaban J connectivity index is 1.55. The average molecular weight is 510 g/mol. The van der Waals surface area contributed by atoms with Crippen molar-refractivity contribution in [1.29, 1.82) is 0 Å². The predicted octanol–water partition coefficient (Wildman–Crippen LogP) is 2.18. The maximum atomic E-state index is 15.2. The molecule has 4 rings (SSSR count). The lowest BCUT2D eigenvalue weighted by Gasteiger charge is -2.35. The summed E-state index contributed by atoms with van der Waals surface area (Å²) in [6.07, 6.45) is -1.22. The molecule has 36 heavy (non-hydrogen) atoms. The van der Waals surface area contributed by atoms with Gasteiger partial charge in [-0.05, 0) is 32.0 Å². The van der Waals surface area contributed by atoms with Gasteiger partial charge in [0.15, 0.2) is 5.82 Å². The fourth-order valence-electron chi connectivity index (χ4n) is 4.53. The molecule has 4 heterocycles. The fraction of sp³-hybridized carbons (Fsp3) is 0.478. The van der Waals surface area contributed by atoms with E-state index in [1.165, 1.54) is 18.6 Å². The average Bonchev–Trinajstić information content (AvgIpc) is 3.14. The zero-order valence-electron chi connectivity index (χ0n) is 19.6. The van der Waals surface area contributed by atoms with E-state index in [4.69, 9.17) is 5.73 Å². The number of likely N-dealkylation sites (tertiary alicyclic amines) is 1. The van der Waals surface area contributed by atoms with Crippen LogP contribution in [-0.2, 0) is 24.1 Å². The van der Waals surface area contributed by atoms with Gasteiger partial charge in [-0.25, -0.2) is 14.4 Å². The Hall–Kier alpha value is -3.32. The standard InChI is InChI=1S/C23H27F4N7O2/c1-2-33(9-16-4-3-15(7-29-16)23(25,26)27)21-20-17(24)10-34(22(20)31-13-30-21)8-14-5-6-32(11-18(14)35)12-19(28)36/h3-4,7,10,13-14,18,35H,2,5-6,8-9,11-12H2,1H3,(H2,28,36). The van der Waals surface area contributed by atoms with Crippen LogP contribution in [-0.4, -0.2) is 67.7 Å². The number of hydrogen-bond donors (Lipinski definition) is 2. The van der Waals surface area contributed by atoms with Crippen LogP contribution in [0.5, 0.6) is 0 Å². The van der Waals surface area contributed by atoms with Gasteiger partial charge < -0.3 is 20.3 Å². The molecule has 3 aromatic rings. The van der Waals surface area contributed by atoms with E-state index < -0.39 is 29.6 Å². The first-order chi connectivity index (χ1) is 17.1. The molecule has 0 spiro atoms. The Bertz CT molecular complexity index is 1220. The molecule has 0 aromatic carbocycles. The maximum absolute atomic E-state index is 15.2. The van der Waals surface area contributed by atoms with Crippen molar-refractivity contribution in [2.75, 3.05) is 31.1 Å². The van der Waals surface area contributed by atoms with E-state index in [-0.39, 0.29) is 24.4 Å². The number of nitrogens with two attached hydrogens (primary N) is 1. The number of hydrogen-bond acceptors (Lipinski definition) is 7. The summed E-state index contributed by atoms with van der Waals surface area (Å²) in [5.41, 5.74) is 5.12. The van der Waals surface area contributed by atoms with Crippen LogP contribution in [0, 0.1) is 11.7 Å². The van der Waals surface area contributed by atoms with Gasteiger partial charge in [-0.1, -0.05) is 0 Å². The summed E-state index contributed by atoms with van der Waals surface area (Å²) in [6.45, 7) is 3.61. The van der Waals surface area contributed by atoms with Gasteiger partial charge in [0.1, 0.15) is 17.8 Å². The quantitative estimate of drug-likeness (QED) is 0.448. The van der Waals surface area contributed by atoms with E-state index in [1.54, 1.807) is 14.4 Å². The number of alkyl halides is 3. The van der Waals surface area contributed by atoms with Crippen molar-refractivity contribution in [2.45, 2.75) is 38.7 Å². The van der Waals surface area contributed by atoms with E-state index in [2.05, 4.69) is 15.0 Å². The Kier molecular flexibility index (Phi) is 7.41. The smallest absolute Gasteiger partial charge is 0.391 e. The molecule has 1 aliphatic rings. The van der Waals surface area contributed by atoms with Gasteiger partial charge in [0.05, 0.1) is 35.8 Å². The van der Waals surface area contributed by atoms with Crippen molar-refractivity contribution in [3.63, 3.8) is 0 Å². The molecule has 3 aromatic heterocycles. The predicted molar refractivity (Wildman–Crippen MR) is 123 cm³/mol. The second-order valence-corrected chi connectivity index (χ2v) is 8.89. The largest absolute Gasteiger partial charge is 0.417 e. The number of nitrogens with zero attached hydrogens (tertiary/aromatic N) is 6. The van der Waals surface area contributed by atoms with Crippen molar-refractivity contribution >= 4 is 22.8 Å². The number of carbonyl (C=O) groups excluding carboxylic acids is 1. The second-order valence-electron chi connectivity index (χ2n) is 8.89. The number of halogens is 4. The lowest BCUT2D eigenvalue weighted by molar-refractivity contribution is -0.137. The molecule has 0 bridgehead atoms. The van der Waals surface area contributed by atoms with Crippen LogP contribution in [0.4, 0.5) is 23.4 Å². The molecule has 1 saturated heterocycles.